The molecule has 2 amide bonds. The van der Waals surface area contributed by atoms with Gasteiger partial charge in [0.2, 0.25) is 21.8 Å². The Morgan fingerprint density at radius 2 is 1.62 bits per heavy atom. The summed E-state index contributed by atoms with van der Waals surface area (Å²) in [6.45, 7) is 3.51. The lowest BCUT2D eigenvalue weighted by molar-refractivity contribution is -0.140. The maximum absolute atomic E-state index is 13.6. The molecule has 3 aromatic rings. The minimum absolute atomic E-state index is 0.124. The van der Waals surface area contributed by atoms with E-state index in [0.717, 1.165) is 51.9 Å². The highest BCUT2D eigenvalue weighted by atomic mass is 32.2. The van der Waals surface area contributed by atoms with Gasteiger partial charge in [0.25, 0.3) is 0 Å². The van der Waals surface area contributed by atoms with Crippen LogP contribution in [0.25, 0.3) is 10.8 Å². The highest BCUT2D eigenvalue weighted by Crippen LogP contribution is 2.22. The lowest BCUT2D eigenvalue weighted by Crippen LogP contribution is -2.52. The van der Waals surface area contributed by atoms with E-state index in [4.69, 9.17) is 0 Å². The average molecular weight is 522 g/mol. The number of likely N-dealkylation sites (N-methyl/N-ethyl adjacent to an activating group) is 1. The third kappa shape index (κ3) is 6.19. The van der Waals surface area contributed by atoms with Gasteiger partial charge in [-0.3, -0.25) is 9.59 Å². The SMILES string of the molecule is Cc1ccccc1CN(C(=O)CN(C)S(=O)(=O)c1ccc2ccccc2c1)[C@@H](C)C(=O)NC1CCCC1. The van der Waals surface area contributed by atoms with E-state index in [1.54, 1.807) is 25.1 Å². The number of amides is 2. The zero-order chi connectivity index (χ0) is 26.6. The van der Waals surface area contributed by atoms with Crippen LogP contribution >= 0.6 is 0 Å². The van der Waals surface area contributed by atoms with Crippen LogP contribution in [0, 0.1) is 6.92 Å². The lowest BCUT2D eigenvalue weighted by atomic mass is 10.1. The number of nitrogens with zero attached hydrogens (tertiary/aromatic N) is 2. The molecule has 1 aliphatic rings. The predicted molar refractivity (Wildman–Crippen MR) is 145 cm³/mol. The van der Waals surface area contributed by atoms with Crippen LogP contribution in [-0.4, -0.2) is 55.1 Å². The molecule has 37 heavy (non-hydrogen) atoms. The molecule has 0 aromatic heterocycles. The average Bonchev–Trinajstić information content (AvgIpc) is 3.40. The Hall–Kier alpha value is -3.23. The first-order valence-corrected chi connectivity index (χ1v) is 14.2. The van der Waals surface area contributed by atoms with E-state index in [0.29, 0.717) is 0 Å². The monoisotopic (exact) mass is 521 g/mol. The summed E-state index contributed by atoms with van der Waals surface area (Å²) >= 11 is 0. The number of carbonyl (C=O) groups excluding carboxylic acids is 2. The van der Waals surface area contributed by atoms with Crippen LogP contribution in [0.4, 0.5) is 0 Å². The molecule has 0 saturated heterocycles. The molecule has 8 heteroatoms. The molecule has 1 aliphatic carbocycles. The zero-order valence-corrected chi connectivity index (χ0v) is 22.5. The first-order chi connectivity index (χ1) is 17.7. The van der Waals surface area contributed by atoms with Crippen LogP contribution in [0.2, 0.25) is 0 Å². The largest absolute Gasteiger partial charge is 0.352 e. The Kier molecular flexibility index (Phi) is 8.29. The van der Waals surface area contributed by atoms with E-state index in [2.05, 4.69) is 5.32 Å². The lowest BCUT2D eigenvalue weighted by Gasteiger charge is -2.31. The number of sulfonamides is 1. The molecule has 4 rings (SSSR count). The molecule has 0 unspecified atom stereocenters. The molecule has 7 nitrogen and oxygen atoms in total. The summed E-state index contributed by atoms with van der Waals surface area (Å²) in [5.41, 5.74) is 1.91. The Morgan fingerprint density at radius 3 is 2.32 bits per heavy atom. The molecule has 0 spiro atoms. The van der Waals surface area contributed by atoms with E-state index in [1.165, 1.54) is 11.9 Å². The van der Waals surface area contributed by atoms with Gasteiger partial charge in [-0.2, -0.15) is 4.31 Å². The molecular weight excluding hydrogens is 486 g/mol. The third-order valence-corrected chi connectivity index (χ3v) is 9.06. The van der Waals surface area contributed by atoms with Crippen molar-refractivity contribution in [3.8, 4) is 0 Å². The highest BCUT2D eigenvalue weighted by Gasteiger charge is 2.31. The molecule has 0 heterocycles. The molecule has 1 N–H and O–H groups in total. The van der Waals surface area contributed by atoms with Gasteiger partial charge in [0.1, 0.15) is 6.04 Å². The molecule has 0 aliphatic heterocycles. The maximum atomic E-state index is 13.6. The Bertz CT molecular complexity index is 1380. The van der Waals surface area contributed by atoms with Crippen molar-refractivity contribution >= 4 is 32.6 Å². The molecule has 0 bridgehead atoms. The Balaban J connectivity index is 1.55. The summed E-state index contributed by atoms with van der Waals surface area (Å²) in [4.78, 5) is 28.3. The standard InChI is InChI=1S/C29H35N3O4S/c1-21-10-4-5-13-25(21)19-32(22(2)29(34)30-26-14-8-9-15-26)28(33)20-31(3)37(35,36)27-17-16-23-11-6-7-12-24(23)18-27/h4-7,10-13,16-18,22,26H,8-9,14-15,19-20H2,1-3H3,(H,30,34)/t22-/m0/s1. The fourth-order valence-corrected chi connectivity index (χ4v) is 5.98. The summed E-state index contributed by atoms with van der Waals surface area (Å²) in [5.74, 6) is -0.641. The number of hydrogen-bond acceptors (Lipinski definition) is 4. The number of benzene rings is 3. The van der Waals surface area contributed by atoms with Crippen LogP contribution in [0.15, 0.2) is 71.6 Å². The van der Waals surface area contributed by atoms with Gasteiger partial charge in [0.15, 0.2) is 0 Å². The number of nitrogens with one attached hydrogen (secondary N) is 1. The van der Waals surface area contributed by atoms with Gasteiger partial charge in [-0.05, 0) is 60.7 Å². The number of carbonyl (C=O) groups is 2. The van der Waals surface area contributed by atoms with Gasteiger partial charge in [-0.25, -0.2) is 8.42 Å². The quantitative estimate of drug-likeness (QED) is 0.456. The molecule has 1 fully saturated rings. The molecule has 3 aromatic carbocycles. The second kappa shape index (κ2) is 11.4. The maximum Gasteiger partial charge on any atom is 0.243 e. The van der Waals surface area contributed by atoms with Crippen molar-refractivity contribution in [1.29, 1.82) is 0 Å². The Morgan fingerprint density at radius 1 is 0.973 bits per heavy atom. The number of fused-ring (bicyclic) bond motifs is 1. The van der Waals surface area contributed by atoms with Gasteiger partial charge in [0.05, 0.1) is 11.4 Å². The van der Waals surface area contributed by atoms with Crippen molar-refractivity contribution in [2.75, 3.05) is 13.6 Å². The molecule has 0 radical (unpaired) electrons. The number of rotatable bonds is 9. The zero-order valence-electron chi connectivity index (χ0n) is 21.7. The van der Waals surface area contributed by atoms with Crippen LogP contribution in [-0.2, 0) is 26.2 Å². The van der Waals surface area contributed by atoms with Crippen LogP contribution in [0.5, 0.6) is 0 Å². The van der Waals surface area contributed by atoms with Crippen molar-refractivity contribution < 1.29 is 18.0 Å². The second-order valence-electron chi connectivity index (χ2n) is 9.88. The van der Waals surface area contributed by atoms with Gasteiger partial charge in [-0.1, -0.05) is 67.4 Å². The first kappa shape index (κ1) is 26.8. The summed E-state index contributed by atoms with van der Waals surface area (Å²) in [5, 5.41) is 4.82. The van der Waals surface area contributed by atoms with E-state index >= 15 is 0 Å². The van der Waals surface area contributed by atoms with E-state index in [1.807, 2.05) is 55.5 Å². The Labute approximate surface area is 219 Å². The predicted octanol–water partition coefficient (Wildman–Crippen LogP) is 4.24. The van der Waals surface area contributed by atoms with Crippen molar-refractivity contribution in [3.05, 3.63) is 77.9 Å². The van der Waals surface area contributed by atoms with Crippen molar-refractivity contribution in [1.82, 2.24) is 14.5 Å². The normalized spacial score (nSPS) is 15.1. The van der Waals surface area contributed by atoms with Crippen LogP contribution in [0.3, 0.4) is 0 Å². The summed E-state index contributed by atoms with van der Waals surface area (Å²) in [7, 11) is -2.52. The fraction of sp³-hybridized carbons (Fsp3) is 0.379. The second-order valence-corrected chi connectivity index (χ2v) is 11.9. The van der Waals surface area contributed by atoms with E-state index in [-0.39, 0.29) is 29.9 Å². The fourth-order valence-electron chi connectivity index (χ4n) is 4.82. The minimum atomic E-state index is -3.92. The van der Waals surface area contributed by atoms with Gasteiger partial charge in [-0.15, -0.1) is 0 Å². The minimum Gasteiger partial charge on any atom is -0.352 e. The number of aryl methyl sites for hydroxylation is 1. The topological polar surface area (TPSA) is 86.8 Å². The molecule has 196 valence electrons. The van der Waals surface area contributed by atoms with Crippen molar-refractivity contribution in [3.63, 3.8) is 0 Å². The summed E-state index contributed by atoms with van der Waals surface area (Å²) in [6.07, 6.45) is 4.05. The van der Waals surface area contributed by atoms with Gasteiger partial charge < -0.3 is 10.2 Å². The van der Waals surface area contributed by atoms with E-state index in [9.17, 15) is 18.0 Å². The number of hydrogen-bond donors (Lipinski definition) is 1. The highest BCUT2D eigenvalue weighted by molar-refractivity contribution is 7.89. The van der Waals surface area contributed by atoms with Gasteiger partial charge in [0, 0.05) is 19.6 Å². The smallest absolute Gasteiger partial charge is 0.243 e. The summed E-state index contributed by atoms with van der Waals surface area (Å²) in [6, 6.07) is 19.5. The molecule has 1 saturated carbocycles. The molecular formula is C29H35N3O4S. The van der Waals surface area contributed by atoms with Crippen molar-refractivity contribution in [2.45, 2.75) is 63.1 Å². The third-order valence-electron chi connectivity index (χ3n) is 7.26. The van der Waals surface area contributed by atoms with Gasteiger partial charge >= 0.3 is 0 Å². The van der Waals surface area contributed by atoms with E-state index < -0.39 is 22.0 Å². The van der Waals surface area contributed by atoms with Crippen molar-refractivity contribution in [2.24, 2.45) is 0 Å². The first-order valence-electron chi connectivity index (χ1n) is 12.8. The van der Waals surface area contributed by atoms with Crippen LogP contribution in [0.1, 0.15) is 43.7 Å². The van der Waals surface area contributed by atoms with Crippen LogP contribution < -0.4 is 5.32 Å². The summed E-state index contributed by atoms with van der Waals surface area (Å²) < 4.78 is 27.8. The molecule has 1 atom stereocenters.